The number of hydrogen-bond acceptors (Lipinski definition) is 15. The number of ether oxygens (including phenoxy) is 6. The Kier molecular flexibility index (Phi) is 47.6. The maximum atomic E-state index is 13.1. The number of hydrogen-bond donors (Lipinski definition) is 7. The molecule has 0 aliphatic carbocycles. The zero-order valence-corrected chi connectivity index (χ0v) is 50.6. The Morgan fingerprint density at radius 3 is 1.16 bits per heavy atom. The molecule has 2 rings (SSSR count). The summed E-state index contributed by atoms with van der Waals surface area (Å²) in [6.45, 7) is 2.65. The standard InChI is InChI=1S/C65H120O15/c1-3-5-7-9-11-13-15-17-19-21-23-25-26-28-29-31-33-35-37-39-41-43-45-47-56(67)75-50-53(51-76-64-63(74)61(72)59(70)55(80-64)52-77-65-62(73)60(71)58(69)54(49-66)79-65)78-57(68)48-46-44-42-40-38-36-34-32-30-27-24-22-20-18-16-14-12-10-8-6-4-2/h16,18,22,24,53-55,58-66,69-74H,3-15,17,19-21,23,25-52H2,1-2H3/b18-16-,24-22-. The smallest absolute Gasteiger partial charge is 0.306 e. The van der Waals surface area contributed by atoms with Crippen molar-refractivity contribution >= 4 is 11.9 Å². The van der Waals surface area contributed by atoms with Gasteiger partial charge in [-0.05, 0) is 44.9 Å². The van der Waals surface area contributed by atoms with E-state index in [0.29, 0.717) is 12.8 Å². The van der Waals surface area contributed by atoms with Gasteiger partial charge < -0.3 is 64.2 Å². The van der Waals surface area contributed by atoms with Crippen LogP contribution in [0.4, 0.5) is 0 Å². The maximum absolute atomic E-state index is 13.1. The predicted octanol–water partition coefficient (Wildman–Crippen LogP) is 12.6. The summed E-state index contributed by atoms with van der Waals surface area (Å²) in [5.74, 6) is -0.912. The molecule has 15 nitrogen and oxygen atoms in total. The molecule has 7 N–H and O–H groups in total. The van der Waals surface area contributed by atoms with E-state index in [2.05, 4.69) is 38.2 Å². The van der Waals surface area contributed by atoms with Gasteiger partial charge in [0.2, 0.25) is 0 Å². The lowest BCUT2D eigenvalue weighted by atomic mass is 9.98. The van der Waals surface area contributed by atoms with E-state index in [1.54, 1.807) is 0 Å². The molecule has 2 heterocycles. The molecule has 0 saturated carbocycles. The molecule has 470 valence electrons. The lowest BCUT2D eigenvalue weighted by Gasteiger charge is -2.42. The van der Waals surface area contributed by atoms with Crippen molar-refractivity contribution in [1.82, 2.24) is 0 Å². The van der Waals surface area contributed by atoms with Crippen LogP contribution in [0.1, 0.15) is 284 Å². The van der Waals surface area contributed by atoms with Gasteiger partial charge >= 0.3 is 11.9 Å². The van der Waals surface area contributed by atoms with Crippen LogP contribution in [-0.2, 0) is 38.0 Å². The molecule has 2 aliphatic heterocycles. The average Bonchev–Trinajstić information content (AvgIpc) is 3.52. The van der Waals surface area contributed by atoms with Gasteiger partial charge in [0.1, 0.15) is 55.4 Å². The number of rotatable bonds is 54. The second kappa shape index (κ2) is 51.4. The van der Waals surface area contributed by atoms with Crippen LogP contribution in [0.25, 0.3) is 0 Å². The predicted molar refractivity (Wildman–Crippen MR) is 317 cm³/mol. The first-order chi connectivity index (χ1) is 39.0. The first-order valence-electron chi connectivity index (χ1n) is 32.9. The van der Waals surface area contributed by atoms with E-state index in [9.17, 15) is 45.3 Å². The van der Waals surface area contributed by atoms with Crippen LogP contribution >= 0.6 is 0 Å². The van der Waals surface area contributed by atoms with Gasteiger partial charge in [-0.15, -0.1) is 0 Å². The van der Waals surface area contributed by atoms with Crippen LogP contribution in [0.5, 0.6) is 0 Å². The molecule has 0 radical (unpaired) electrons. The Balaban J connectivity index is 1.69. The molecule has 0 aromatic carbocycles. The van der Waals surface area contributed by atoms with Gasteiger partial charge in [-0.3, -0.25) is 9.59 Å². The van der Waals surface area contributed by atoms with Gasteiger partial charge in [-0.2, -0.15) is 0 Å². The van der Waals surface area contributed by atoms with E-state index in [1.165, 1.54) is 186 Å². The lowest BCUT2D eigenvalue weighted by Crippen LogP contribution is -2.61. The molecule has 2 saturated heterocycles. The molecular formula is C65H120O15. The van der Waals surface area contributed by atoms with E-state index in [0.717, 1.165) is 57.8 Å². The monoisotopic (exact) mass is 1140 g/mol. The van der Waals surface area contributed by atoms with Crippen molar-refractivity contribution in [2.75, 3.05) is 26.4 Å². The Hall–Kier alpha value is -2.02. The largest absolute Gasteiger partial charge is 0.462 e. The average molecular weight is 1140 g/mol. The zero-order chi connectivity index (χ0) is 58.1. The quantitative estimate of drug-likeness (QED) is 0.0171. The molecule has 11 unspecified atom stereocenters. The van der Waals surface area contributed by atoms with E-state index in [4.69, 9.17) is 28.4 Å². The van der Waals surface area contributed by atoms with Crippen LogP contribution in [0, 0.1) is 0 Å². The molecule has 80 heavy (non-hydrogen) atoms. The highest BCUT2D eigenvalue weighted by atomic mass is 16.7. The van der Waals surface area contributed by atoms with E-state index >= 15 is 0 Å². The Labute approximate surface area is 485 Å². The second-order valence-corrected chi connectivity index (χ2v) is 23.3. The van der Waals surface area contributed by atoms with Gasteiger partial charge in [-0.25, -0.2) is 0 Å². The summed E-state index contributed by atoms with van der Waals surface area (Å²) >= 11 is 0. The molecule has 0 amide bonds. The summed E-state index contributed by atoms with van der Waals surface area (Å²) in [7, 11) is 0. The third-order valence-corrected chi connectivity index (χ3v) is 15.9. The van der Waals surface area contributed by atoms with Crippen molar-refractivity contribution in [3.05, 3.63) is 24.3 Å². The van der Waals surface area contributed by atoms with Gasteiger partial charge in [0, 0.05) is 12.8 Å². The first-order valence-corrected chi connectivity index (χ1v) is 32.9. The molecule has 2 fully saturated rings. The van der Waals surface area contributed by atoms with Gasteiger partial charge in [0.15, 0.2) is 18.7 Å². The summed E-state index contributed by atoms with van der Waals surface area (Å²) in [5, 5.41) is 72.5. The van der Waals surface area contributed by atoms with Crippen LogP contribution in [0.3, 0.4) is 0 Å². The van der Waals surface area contributed by atoms with Crippen molar-refractivity contribution in [2.45, 2.75) is 351 Å². The van der Waals surface area contributed by atoms with Crippen molar-refractivity contribution in [3.63, 3.8) is 0 Å². The number of aliphatic hydroxyl groups excluding tert-OH is 7. The molecule has 11 atom stereocenters. The maximum Gasteiger partial charge on any atom is 0.306 e. The van der Waals surface area contributed by atoms with Gasteiger partial charge in [-0.1, -0.05) is 250 Å². The highest BCUT2D eigenvalue weighted by Crippen LogP contribution is 2.27. The second-order valence-electron chi connectivity index (χ2n) is 23.3. The highest BCUT2D eigenvalue weighted by molar-refractivity contribution is 5.70. The number of unbranched alkanes of at least 4 members (excludes halogenated alkanes) is 36. The number of carbonyl (C=O) groups is 2. The first kappa shape index (κ1) is 74.1. The van der Waals surface area contributed by atoms with Crippen LogP contribution < -0.4 is 0 Å². The normalized spacial score (nSPS) is 23.8. The lowest BCUT2D eigenvalue weighted by molar-refractivity contribution is -0.332. The molecule has 15 heteroatoms. The SMILES string of the molecule is CCCCCCC/C=C\C/C=C\CCCCCCCCCCCC(=O)OC(COC(=O)CCCCCCCCCCCCCCCCCCCCCCCCC)COC1OC(COC2OC(CO)C(O)C(O)C2O)C(O)C(O)C1O. The third-order valence-electron chi connectivity index (χ3n) is 15.9. The molecular weight excluding hydrogens is 1020 g/mol. The van der Waals surface area contributed by atoms with E-state index < -0.39 is 92.7 Å². The number of allylic oxidation sites excluding steroid dienone is 4. The topological polar surface area (TPSA) is 231 Å². The summed E-state index contributed by atoms with van der Waals surface area (Å²) in [4.78, 5) is 26.0. The Bertz CT molecular complexity index is 1480. The summed E-state index contributed by atoms with van der Waals surface area (Å²) in [5.41, 5.74) is 0. The minimum absolute atomic E-state index is 0.164. The third kappa shape index (κ3) is 37.3. The molecule has 0 bridgehead atoms. The van der Waals surface area contributed by atoms with Crippen LogP contribution in [-0.4, -0.2) is 142 Å². The van der Waals surface area contributed by atoms with Crippen LogP contribution in [0.15, 0.2) is 24.3 Å². The molecule has 0 aromatic rings. The van der Waals surface area contributed by atoms with Crippen molar-refractivity contribution in [2.24, 2.45) is 0 Å². The number of carbonyl (C=O) groups excluding carboxylic acids is 2. The summed E-state index contributed by atoms with van der Waals surface area (Å²) in [6, 6.07) is 0. The Morgan fingerprint density at radius 1 is 0.400 bits per heavy atom. The minimum Gasteiger partial charge on any atom is -0.462 e. The summed E-state index contributed by atoms with van der Waals surface area (Å²) < 4.78 is 33.8. The molecule has 0 spiro atoms. The minimum atomic E-state index is -1.76. The number of esters is 2. The van der Waals surface area contributed by atoms with E-state index in [1.807, 2.05) is 0 Å². The fraction of sp³-hybridized carbons (Fsp3) is 0.908. The van der Waals surface area contributed by atoms with Crippen molar-refractivity contribution in [1.29, 1.82) is 0 Å². The van der Waals surface area contributed by atoms with E-state index in [-0.39, 0.29) is 26.1 Å². The fourth-order valence-corrected chi connectivity index (χ4v) is 10.6. The van der Waals surface area contributed by atoms with Crippen LogP contribution in [0.2, 0.25) is 0 Å². The molecule has 2 aliphatic rings. The van der Waals surface area contributed by atoms with Gasteiger partial charge in [0.05, 0.1) is 19.8 Å². The van der Waals surface area contributed by atoms with Crippen molar-refractivity contribution in [3.8, 4) is 0 Å². The molecule has 0 aromatic heterocycles. The Morgan fingerprint density at radius 2 is 0.750 bits per heavy atom. The summed E-state index contributed by atoms with van der Waals surface area (Å²) in [6.07, 6.45) is 42.0. The zero-order valence-electron chi connectivity index (χ0n) is 50.6. The number of aliphatic hydroxyl groups is 7. The fourth-order valence-electron chi connectivity index (χ4n) is 10.6. The van der Waals surface area contributed by atoms with Gasteiger partial charge in [0.25, 0.3) is 0 Å². The van der Waals surface area contributed by atoms with Crippen molar-refractivity contribution < 1.29 is 73.8 Å². The highest BCUT2D eigenvalue weighted by Gasteiger charge is 2.47.